The van der Waals surface area contributed by atoms with E-state index in [4.69, 9.17) is 27.8 Å². The minimum atomic E-state index is -0.902. The van der Waals surface area contributed by atoms with Crippen LogP contribution < -0.4 is 0 Å². The number of esters is 1. The first-order chi connectivity index (χ1) is 18.5. The Balaban J connectivity index is -0.0000000157. The summed E-state index contributed by atoms with van der Waals surface area (Å²) in [5.74, 6) is 48.3. The zero-order valence-electron chi connectivity index (χ0n) is 19.8. The van der Waals surface area contributed by atoms with Crippen LogP contribution in [0, 0.1) is 142 Å². The summed E-state index contributed by atoms with van der Waals surface area (Å²) in [7, 11) is 0. The molecule has 0 aliphatic carbocycles. The maximum atomic E-state index is 11.2. The highest BCUT2D eigenvalue weighted by Gasteiger charge is 2.11. The zero-order chi connectivity index (χ0) is 28.5. The predicted molar refractivity (Wildman–Crippen MR) is 188 cm³/mol. The van der Waals surface area contributed by atoms with E-state index >= 15 is 0 Å². The number of ether oxygens (including phenoxy) is 2. The van der Waals surface area contributed by atoms with E-state index in [-0.39, 0.29) is 41.7 Å². The molecule has 0 radical (unpaired) electrons. The van der Waals surface area contributed by atoms with Crippen molar-refractivity contribution < 1.29 is 59.2 Å². The topological polar surface area (TPSA) is 93.1 Å². The van der Waals surface area contributed by atoms with Gasteiger partial charge in [0.25, 0.3) is 0 Å². The monoisotopic (exact) mass is 556 g/mol. The fourth-order valence-corrected chi connectivity index (χ4v) is 1.45. The van der Waals surface area contributed by atoms with Crippen LogP contribution in [0.5, 0.6) is 0 Å². The fraction of sp³-hybridized carbons (Fsp3) is 0.161. The number of hydrogen-bond acceptors (Lipinski definition) is 7. The molecule has 0 fully saturated rings. The average molecular weight is 557 g/mol. The van der Waals surface area contributed by atoms with Gasteiger partial charge in [0.1, 0.15) is 12.9 Å². The van der Waals surface area contributed by atoms with Gasteiger partial charge in [0.15, 0.2) is 5.12 Å². The molecule has 0 aromatic rings. The molecule has 0 saturated heterocycles. The van der Waals surface area contributed by atoms with Crippen LogP contribution in [0.1, 0.15) is 36.9 Å². The number of aliphatic hydroxyl groups is 2. The minimum absolute atomic E-state index is 0. The molecule has 0 amide bonds. The van der Waals surface area contributed by atoms with Crippen LogP contribution in [0.2, 0.25) is 0 Å². The van der Waals surface area contributed by atoms with Crippen molar-refractivity contribution in [3.05, 3.63) is 0 Å². The molecule has 6 nitrogen and oxygen atoms in total. The van der Waals surface area contributed by atoms with Crippen LogP contribution in [0.4, 0.5) is 0 Å². The van der Waals surface area contributed by atoms with Gasteiger partial charge in [0.2, 0.25) is 0 Å². The van der Waals surface area contributed by atoms with Crippen molar-refractivity contribution in [2.24, 2.45) is 0 Å². The number of rotatable bonds is 5. The molecule has 2 N–H and O–H groups in total. The molecule has 0 aliphatic rings. The second-order valence-corrected chi connectivity index (χ2v) is 6.05. The van der Waals surface area contributed by atoms with E-state index in [0.717, 1.165) is 11.8 Å². The third-order valence-electron chi connectivity index (χ3n) is 2.43. The second-order valence-electron chi connectivity index (χ2n) is 5.07. The summed E-state index contributed by atoms with van der Waals surface area (Å²) in [6.45, 7) is 0.297. The van der Waals surface area contributed by atoms with Crippen molar-refractivity contribution in [2.75, 3.05) is 20.0 Å². The maximum absolute atomic E-state index is 11.2. The van der Waals surface area contributed by atoms with E-state index < -0.39 is 25.5 Å². The molecular weight excluding hydrogens is 500 g/mol. The second kappa shape index (κ2) is 29.1. The highest BCUT2D eigenvalue weighted by Crippen LogP contribution is 1.95. The summed E-state index contributed by atoms with van der Waals surface area (Å²) in [6.07, 6.45) is 8.84. The Morgan fingerprint density at radius 2 is 1.16 bits per heavy atom. The normalized spacial score (nSPS) is 6.87. The molecule has 1 atom stereocenters. The van der Waals surface area contributed by atoms with Crippen molar-refractivity contribution >= 4 is 22.8 Å². The van der Waals surface area contributed by atoms with Gasteiger partial charge in [0, 0.05) is 54.6 Å². The lowest BCUT2D eigenvalue weighted by molar-refractivity contribution is -0.150. The van der Waals surface area contributed by atoms with E-state index in [1.807, 2.05) is 0 Å². The Labute approximate surface area is 258 Å². The number of carbonyl (C=O) groups is 2. The molecule has 0 spiro atoms. The Morgan fingerprint density at radius 1 is 0.737 bits per heavy atom. The van der Waals surface area contributed by atoms with E-state index in [0.29, 0.717) is 0 Å². The summed E-state index contributed by atoms with van der Waals surface area (Å²) >= 11 is 0.893. The molecule has 38 heavy (non-hydrogen) atoms. The van der Waals surface area contributed by atoms with E-state index in [9.17, 15) is 9.59 Å². The highest BCUT2D eigenvalue weighted by molar-refractivity contribution is 8.17. The van der Waals surface area contributed by atoms with E-state index in [2.05, 4.69) is 134 Å². The molecule has 0 aliphatic heterocycles. The molecule has 222 valence electrons. The standard InChI is InChI=1S/C17H10O5.C14H4OS.21H2/c1-2-3-4-5-6-7-8-9-10-11-12-17(20)22-16(13-18)14-21-15-19;1-3-4-5-6-7-8-9-10-11-12-13-16-14(2)15;;;;;;;;;;;;;;;;;;;;;/h1,16,18-19H,13-15H2;1H,2H3;21*1H/t16-;;;;;;;;;;;;;;;;;;;;;;/m1....................../s1. The maximum Gasteiger partial charge on any atom is 0.385 e. The van der Waals surface area contributed by atoms with Crippen LogP contribution in [-0.4, -0.2) is 47.4 Å². The summed E-state index contributed by atoms with van der Waals surface area (Å²) in [5.41, 5.74) is 0. The first kappa shape index (κ1) is 34.3. The lowest BCUT2D eigenvalue weighted by Crippen LogP contribution is -2.26. The van der Waals surface area contributed by atoms with E-state index in [1.165, 1.54) is 6.92 Å². The quantitative estimate of drug-likeness (QED) is 0.222. The highest BCUT2D eigenvalue weighted by atomic mass is 32.2. The summed E-state index contributed by atoms with van der Waals surface area (Å²) in [5, 5.41) is 19.7. The number of terminal acetylenes is 2. The van der Waals surface area contributed by atoms with Gasteiger partial charge in [-0.1, -0.05) is 0 Å². The molecular formula is C31H56O6S. The van der Waals surface area contributed by atoms with E-state index in [1.54, 1.807) is 0 Å². The largest absolute Gasteiger partial charge is 0.448 e. The van der Waals surface area contributed by atoms with Crippen molar-refractivity contribution in [3.63, 3.8) is 0 Å². The Kier molecular flexibility index (Phi) is 26.3. The van der Waals surface area contributed by atoms with Gasteiger partial charge in [-0.2, -0.15) is 0 Å². The third kappa shape index (κ3) is 30.1. The first-order valence-electron chi connectivity index (χ1n) is 9.61. The molecule has 0 aromatic heterocycles. The molecule has 0 rings (SSSR count). The van der Waals surface area contributed by atoms with Crippen LogP contribution in [0.3, 0.4) is 0 Å². The van der Waals surface area contributed by atoms with Gasteiger partial charge in [-0.25, -0.2) is 4.79 Å². The van der Waals surface area contributed by atoms with Crippen molar-refractivity contribution in [1.29, 1.82) is 0 Å². The van der Waals surface area contributed by atoms with Crippen molar-refractivity contribution in [2.45, 2.75) is 13.0 Å². The van der Waals surface area contributed by atoms with Crippen LogP contribution in [-0.2, 0) is 19.1 Å². The molecule has 0 bridgehead atoms. The lowest BCUT2D eigenvalue weighted by Gasteiger charge is -2.12. The lowest BCUT2D eigenvalue weighted by atomic mass is 10.4. The fourth-order valence-electron chi connectivity index (χ4n) is 1.20. The smallest absolute Gasteiger partial charge is 0.385 e. The van der Waals surface area contributed by atoms with Crippen LogP contribution in [0.15, 0.2) is 0 Å². The van der Waals surface area contributed by atoms with Gasteiger partial charge >= 0.3 is 5.97 Å². The Hall–Kier alpha value is -5.91. The van der Waals surface area contributed by atoms with Gasteiger partial charge < -0.3 is 19.7 Å². The molecule has 0 heterocycles. The van der Waals surface area contributed by atoms with Crippen molar-refractivity contribution in [1.82, 2.24) is 0 Å². The summed E-state index contributed by atoms with van der Waals surface area (Å²) in [4.78, 5) is 21.7. The molecule has 0 aromatic carbocycles. The van der Waals surface area contributed by atoms with Crippen LogP contribution >= 0.6 is 11.8 Å². The first-order valence-corrected chi connectivity index (χ1v) is 10.4. The minimum Gasteiger partial charge on any atom is -0.448 e. The summed E-state index contributed by atoms with van der Waals surface area (Å²) < 4.78 is 9.31. The Bertz CT molecular complexity index is 1620. The summed E-state index contributed by atoms with van der Waals surface area (Å²) in [6, 6.07) is 0. The van der Waals surface area contributed by atoms with Crippen LogP contribution in [0.25, 0.3) is 0 Å². The van der Waals surface area contributed by atoms with Gasteiger partial charge in [-0.15, -0.1) is 12.8 Å². The van der Waals surface area contributed by atoms with Gasteiger partial charge in [0.05, 0.1) is 13.2 Å². The third-order valence-corrected chi connectivity index (χ3v) is 2.92. The van der Waals surface area contributed by atoms with Gasteiger partial charge in [-0.3, -0.25) is 4.79 Å². The predicted octanol–water partition coefficient (Wildman–Crippen LogP) is 4.55. The zero-order valence-corrected chi connectivity index (χ0v) is 20.6. The SMILES string of the molecule is C#CC#CC#CC#CC#CC#CC(=O)O[C@H](CO)COCO.C#CC#CC#CC#CC#CC#CSC(C)=O.[HH].[HH].[HH].[HH].[HH].[HH].[HH].[HH].[HH].[HH].[HH].[HH].[HH].[HH].[HH].[HH].[HH].[HH].[HH].[HH].[HH]. The number of hydrogen-bond donors (Lipinski definition) is 2. The molecule has 7 heteroatoms. The average Bonchev–Trinajstić information content (AvgIpc) is 2.91. The number of carbonyl (C=O) groups excluding carboxylic acids is 2. The number of aliphatic hydroxyl groups excluding tert-OH is 2. The van der Waals surface area contributed by atoms with Crippen molar-refractivity contribution in [3.8, 4) is 142 Å². The number of thioether (sulfide) groups is 1. The van der Waals surface area contributed by atoms with Gasteiger partial charge in [-0.05, 0) is 124 Å². The Morgan fingerprint density at radius 3 is 1.55 bits per heavy atom. The molecule has 0 unspecified atom stereocenters. The molecule has 0 saturated carbocycles.